The van der Waals surface area contributed by atoms with Gasteiger partial charge in [-0.05, 0) is 6.42 Å². The molecule has 0 saturated carbocycles. The fraction of sp³-hybridized carbons (Fsp3) is 0.364. The van der Waals surface area contributed by atoms with Crippen LogP contribution in [0.3, 0.4) is 0 Å². The van der Waals surface area contributed by atoms with Crippen LogP contribution in [0.25, 0.3) is 0 Å². The second-order valence-electron chi connectivity index (χ2n) is 3.96. The Kier molecular flexibility index (Phi) is 3.31. The summed E-state index contributed by atoms with van der Waals surface area (Å²) in [5, 5.41) is 9.41. The number of rotatable bonds is 4. The molecule has 96 valence electrons. The van der Waals surface area contributed by atoms with E-state index in [0.29, 0.717) is 18.7 Å². The van der Waals surface area contributed by atoms with E-state index in [9.17, 15) is 4.79 Å². The first kappa shape index (κ1) is 12.2. The summed E-state index contributed by atoms with van der Waals surface area (Å²) >= 11 is 0. The molecule has 0 atom stereocenters. The minimum atomic E-state index is -0.300. The van der Waals surface area contributed by atoms with E-state index < -0.39 is 0 Å². The number of carbonyl (C=O) groups is 1. The normalized spacial score (nSPS) is 10.6. The van der Waals surface area contributed by atoms with Gasteiger partial charge in [0, 0.05) is 19.4 Å². The van der Waals surface area contributed by atoms with Gasteiger partial charge in [-0.3, -0.25) is 9.89 Å². The summed E-state index contributed by atoms with van der Waals surface area (Å²) in [4.78, 5) is 16.0. The summed E-state index contributed by atoms with van der Waals surface area (Å²) in [6.07, 6.45) is 4.21. The van der Waals surface area contributed by atoms with Gasteiger partial charge < -0.3 is 15.6 Å². The predicted molar refractivity (Wildman–Crippen MR) is 66.8 cm³/mol. The molecule has 1 amide bonds. The van der Waals surface area contributed by atoms with Crippen LogP contribution in [0.5, 0.6) is 0 Å². The van der Waals surface area contributed by atoms with Crippen molar-refractivity contribution in [3.05, 3.63) is 29.6 Å². The number of nitrogens with one attached hydrogen (secondary N) is 2. The largest absolute Gasteiger partial charge is 0.395 e. The molecule has 0 aliphatic carbocycles. The second-order valence-corrected chi connectivity index (χ2v) is 3.96. The third-order valence-corrected chi connectivity index (χ3v) is 2.78. The number of H-pyrrole nitrogens is 1. The van der Waals surface area contributed by atoms with Crippen molar-refractivity contribution in [3.8, 4) is 0 Å². The molecular formula is C11H16N6O. The summed E-state index contributed by atoms with van der Waals surface area (Å²) in [6, 6.07) is 0. The first-order valence-electron chi connectivity index (χ1n) is 5.70. The molecular weight excluding hydrogens is 232 g/mol. The van der Waals surface area contributed by atoms with Crippen LogP contribution in [0.4, 0.5) is 5.69 Å². The lowest BCUT2D eigenvalue weighted by Gasteiger charge is -2.04. The molecule has 0 aliphatic rings. The van der Waals surface area contributed by atoms with E-state index in [1.807, 2.05) is 24.7 Å². The van der Waals surface area contributed by atoms with Gasteiger partial charge in [0.25, 0.3) is 5.91 Å². The zero-order chi connectivity index (χ0) is 13.1. The molecule has 0 radical (unpaired) electrons. The molecule has 0 aromatic carbocycles. The highest BCUT2D eigenvalue weighted by Crippen LogP contribution is 2.14. The van der Waals surface area contributed by atoms with Crippen LogP contribution >= 0.6 is 0 Å². The lowest BCUT2D eigenvalue weighted by atomic mass is 10.2. The molecule has 0 spiro atoms. The minimum absolute atomic E-state index is 0.237. The van der Waals surface area contributed by atoms with Crippen molar-refractivity contribution in [2.75, 3.05) is 5.73 Å². The Bertz CT molecular complexity index is 556. The molecule has 2 aromatic rings. The third-order valence-electron chi connectivity index (χ3n) is 2.78. The van der Waals surface area contributed by atoms with Crippen LogP contribution in [-0.2, 0) is 20.0 Å². The summed E-state index contributed by atoms with van der Waals surface area (Å²) in [6.45, 7) is 2.29. The number of carbonyl (C=O) groups excluding carboxylic acids is 1. The van der Waals surface area contributed by atoms with E-state index in [4.69, 9.17) is 5.73 Å². The highest BCUT2D eigenvalue weighted by Gasteiger charge is 2.16. The summed E-state index contributed by atoms with van der Waals surface area (Å²) < 4.78 is 1.84. The highest BCUT2D eigenvalue weighted by atomic mass is 16.1. The van der Waals surface area contributed by atoms with E-state index in [-0.39, 0.29) is 11.6 Å². The fourth-order valence-corrected chi connectivity index (χ4v) is 1.64. The number of aryl methyl sites for hydroxylation is 2. The zero-order valence-electron chi connectivity index (χ0n) is 10.4. The monoisotopic (exact) mass is 248 g/mol. The number of aromatic amines is 1. The summed E-state index contributed by atoms with van der Waals surface area (Å²) in [5.74, 6) is 0.472. The van der Waals surface area contributed by atoms with Crippen LogP contribution in [-0.4, -0.2) is 25.7 Å². The number of anilines is 1. The molecule has 2 rings (SSSR count). The number of amides is 1. The lowest BCUT2D eigenvalue weighted by molar-refractivity contribution is 0.0945. The Morgan fingerprint density at radius 2 is 2.39 bits per heavy atom. The highest BCUT2D eigenvalue weighted by molar-refractivity contribution is 5.97. The van der Waals surface area contributed by atoms with Gasteiger partial charge in [-0.25, -0.2) is 4.98 Å². The summed E-state index contributed by atoms with van der Waals surface area (Å²) in [7, 11) is 1.87. The van der Waals surface area contributed by atoms with Gasteiger partial charge in [0.2, 0.25) is 0 Å². The van der Waals surface area contributed by atoms with Crippen molar-refractivity contribution in [1.29, 1.82) is 0 Å². The average molecular weight is 248 g/mol. The number of aromatic nitrogens is 4. The lowest BCUT2D eigenvalue weighted by Crippen LogP contribution is -2.25. The average Bonchev–Trinajstić information content (AvgIpc) is 2.92. The van der Waals surface area contributed by atoms with E-state index in [2.05, 4.69) is 20.5 Å². The Morgan fingerprint density at radius 3 is 2.94 bits per heavy atom. The number of hydrogen-bond acceptors (Lipinski definition) is 4. The molecule has 7 nitrogen and oxygen atoms in total. The Balaban J connectivity index is 2.04. The number of nitrogens with zero attached hydrogens (tertiary/aromatic N) is 3. The zero-order valence-corrected chi connectivity index (χ0v) is 10.4. The number of imidazole rings is 1. The van der Waals surface area contributed by atoms with Gasteiger partial charge >= 0.3 is 0 Å². The Hall–Kier alpha value is -2.31. The van der Waals surface area contributed by atoms with E-state index in [1.54, 1.807) is 6.20 Å². The maximum Gasteiger partial charge on any atom is 0.274 e. The smallest absolute Gasteiger partial charge is 0.274 e. The van der Waals surface area contributed by atoms with Crippen LogP contribution in [0.1, 0.15) is 28.9 Å². The quantitative estimate of drug-likeness (QED) is 0.720. The molecule has 4 N–H and O–H groups in total. The Labute approximate surface area is 104 Å². The Morgan fingerprint density at radius 1 is 1.61 bits per heavy atom. The standard InChI is InChI=1S/C11H16N6O/c1-3-7-9(12)10(16-15-7)11(18)14-6-8-13-4-5-17(8)2/h4-5H,3,6,12H2,1-2H3,(H,14,18)(H,15,16). The molecule has 0 fully saturated rings. The first-order chi connectivity index (χ1) is 8.63. The third kappa shape index (κ3) is 2.20. The van der Waals surface area contributed by atoms with Gasteiger partial charge in [0.05, 0.1) is 17.9 Å². The van der Waals surface area contributed by atoms with E-state index in [0.717, 1.165) is 11.5 Å². The van der Waals surface area contributed by atoms with Crippen molar-refractivity contribution < 1.29 is 4.79 Å². The van der Waals surface area contributed by atoms with Crippen LogP contribution in [0, 0.1) is 0 Å². The first-order valence-corrected chi connectivity index (χ1v) is 5.70. The molecule has 0 unspecified atom stereocenters. The van der Waals surface area contributed by atoms with Gasteiger partial charge in [0.15, 0.2) is 5.69 Å². The van der Waals surface area contributed by atoms with Crippen molar-refractivity contribution in [1.82, 2.24) is 25.1 Å². The van der Waals surface area contributed by atoms with Gasteiger partial charge in [-0.2, -0.15) is 5.10 Å². The molecule has 2 aromatic heterocycles. The SMILES string of the molecule is CCc1[nH]nc(C(=O)NCc2nccn2C)c1N. The fourth-order valence-electron chi connectivity index (χ4n) is 1.64. The topological polar surface area (TPSA) is 102 Å². The van der Waals surface area contributed by atoms with Crippen LogP contribution in [0.15, 0.2) is 12.4 Å². The molecule has 2 heterocycles. The molecule has 7 heteroatoms. The molecule has 0 saturated heterocycles. The van der Waals surface area contributed by atoms with Crippen molar-refractivity contribution in [2.24, 2.45) is 7.05 Å². The van der Waals surface area contributed by atoms with Crippen molar-refractivity contribution in [3.63, 3.8) is 0 Å². The second kappa shape index (κ2) is 4.91. The molecule has 0 aliphatic heterocycles. The van der Waals surface area contributed by atoms with Crippen LogP contribution < -0.4 is 11.1 Å². The number of hydrogen-bond donors (Lipinski definition) is 3. The molecule has 0 bridgehead atoms. The van der Waals surface area contributed by atoms with E-state index >= 15 is 0 Å². The molecule has 18 heavy (non-hydrogen) atoms. The summed E-state index contributed by atoms with van der Waals surface area (Å²) in [5.41, 5.74) is 7.24. The van der Waals surface area contributed by atoms with Gasteiger partial charge in [-0.15, -0.1) is 0 Å². The van der Waals surface area contributed by atoms with Crippen LogP contribution in [0.2, 0.25) is 0 Å². The van der Waals surface area contributed by atoms with E-state index in [1.165, 1.54) is 0 Å². The maximum atomic E-state index is 11.9. The van der Waals surface area contributed by atoms with Gasteiger partial charge in [0.1, 0.15) is 5.82 Å². The number of nitrogens with two attached hydrogens (primary N) is 1. The van der Waals surface area contributed by atoms with Gasteiger partial charge in [-0.1, -0.05) is 6.92 Å². The maximum absolute atomic E-state index is 11.9. The van der Waals surface area contributed by atoms with Crippen molar-refractivity contribution in [2.45, 2.75) is 19.9 Å². The predicted octanol–water partition coefficient (Wildman–Crippen LogP) is 0.218. The van der Waals surface area contributed by atoms with Crippen molar-refractivity contribution >= 4 is 11.6 Å². The number of nitrogen functional groups attached to an aromatic ring is 1. The minimum Gasteiger partial charge on any atom is -0.395 e.